The maximum absolute atomic E-state index is 12.1. The summed E-state index contributed by atoms with van der Waals surface area (Å²) in [4.78, 5) is 16.2. The van der Waals surface area contributed by atoms with Crippen LogP contribution in [-0.4, -0.2) is 17.4 Å². The second kappa shape index (κ2) is 6.69. The number of amides is 1. The van der Waals surface area contributed by atoms with E-state index in [1.165, 1.54) is 0 Å². The number of carbonyl (C=O) groups excluding carboxylic acids is 1. The topological polar surface area (TPSA) is 68.0 Å². The molecule has 0 saturated heterocycles. The van der Waals surface area contributed by atoms with Crippen LogP contribution in [0, 0.1) is 25.7 Å². The zero-order chi connectivity index (χ0) is 15.2. The molecule has 0 saturated carbocycles. The second-order valence-electron chi connectivity index (χ2n) is 4.74. The van der Waals surface area contributed by atoms with Crippen molar-refractivity contribution in [3.8, 4) is 11.8 Å². The van der Waals surface area contributed by atoms with Crippen molar-refractivity contribution in [2.75, 3.05) is 11.9 Å². The van der Waals surface area contributed by atoms with Crippen LogP contribution in [0.5, 0.6) is 0 Å². The summed E-state index contributed by atoms with van der Waals surface area (Å²) in [5.41, 5.74) is 9.50. The van der Waals surface area contributed by atoms with Crippen LogP contribution in [0.4, 0.5) is 5.69 Å². The lowest BCUT2D eigenvalue weighted by atomic mass is 10.1. The molecule has 2 aromatic rings. The van der Waals surface area contributed by atoms with E-state index in [0.717, 1.165) is 22.4 Å². The molecule has 4 heteroatoms. The summed E-state index contributed by atoms with van der Waals surface area (Å²) in [6.07, 6.45) is 3.27. The van der Waals surface area contributed by atoms with Gasteiger partial charge in [0.05, 0.1) is 12.1 Å². The number of nitrogens with one attached hydrogen (secondary N) is 1. The van der Waals surface area contributed by atoms with Gasteiger partial charge in [0.15, 0.2) is 0 Å². The maximum Gasteiger partial charge on any atom is 0.257 e. The van der Waals surface area contributed by atoms with Crippen molar-refractivity contribution < 1.29 is 4.79 Å². The smallest absolute Gasteiger partial charge is 0.257 e. The Morgan fingerprint density at radius 2 is 2.10 bits per heavy atom. The Kier molecular flexibility index (Phi) is 4.70. The van der Waals surface area contributed by atoms with E-state index in [0.29, 0.717) is 12.1 Å². The monoisotopic (exact) mass is 279 g/mol. The first-order chi connectivity index (χ1) is 10.1. The molecule has 0 aliphatic rings. The highest BCUT2D eigenvalue weighted by molar-refractivity contribution is 6.04. The maximum atomic E-state index is 12.1. The van der Waals surface area contributed by atoms with E-state index < -0.39 is 0 Å². The highest BCUT2D eigenvalue weighted by atomic mass is 16.1. The van der Waals surface area contributed by atoms with Crippen LogP contribution < -0.4 is 11.1 Å². The average Bonchev–Trinajstić information content (AvgIpc) is 2.46. The average molecular weight is 279 g/mol. The molecule has 0 bridgehead atoms. The van der Waals surface area contributed by atoms with Gasteiger partial charge >= 0.3 is 0 Å². The van der Waals surface area contributed by atoms with Crippen molar-refractivity contribution in [3.05, 3.63) is 58.9 Å². The number of aromatic nitrogens is 1. The Bertz CT molecular complexity index is 726. The van der Waals surface area contributed by atoms with Crippen molar-refractivity contribution in [1.29, 1.82) is 0 Å². The molecule has 21 heavy (non-hydrogen) atoms. The number of carbonyl (C=O) groups is 1. The number of nitrogens with zero attached hydrogens (tertiary/aromatic N) is 1. The van der Waals surface area contributed by atoms with Crippen LogP contribution in [0.15, 0.2) is 36.7 Å². The van der Waals surface area contributed by atoms with Gasteiger partial charge in [-0.2, -0.15) is 0 Å². The van der Waals surface area contributed by atoms with Crippen molar-refractivity contribution in [2.24, 2.45) is 5.73 Å². The van der Waals surface area contributed by atoms with E-state index in [-0.39, 0.29) is 5.91 Å². The summed E-state index contributed by atoms with van der Waals surface area (Å²) in [7, 11) is 0. The Labute approximate surface area is 124 Å². The predicted octanol–water partition coefficient (Wildman–Crippen LogP) is 2.26. The molecule has 3 N–H and O–H groups in total. The molecule has 0 aliphatic heterocycles. The van der Waals surface area contributed by atoms with Crippen LogP contribution in [0.1, 0.15) is 27.0 Å². The van der Waals surface area contributed by atoms with Crippen LogP contribution in [0.25, 0.3) is 0 Å². The molecular formula is C17H17N3O. The van der Waals surface area contributed by atoms with E-state index in [1.54, 1.807) is 18.5 Å². The lowest BCUT2D eigenvalue weighted by Crippen LogP contribution is -2.12. The first-order valence-electron chi connectivity index (χ1n) is 6.63. The van der Waals surface area contributed by atoms with Gasteiger partial charge in [0.1, 0.15) is 0 Å². The van der Waals surface area contributed by atoms with Gasteiger partial charge in [-0.15, -0.1) is 0 Å². The third-order valence-electron chi connectivity index (χ3n) is 2.95. The number of aryl methyl sites for hydroxylation is 2. The van der Waals surface area contributed by atoms with Gasteiger partial charge in [-0.1, -0.05) is 11.8 Å². The number of pyridine rings is 1. The molecule has 0 fully saturated rings. The van der Waals surface area contributed by atoms with Gasteiger partial charge in [0.25, 0.3) is 5.91 Å². The standard InChI is InChI=1S/C17H17N3O/c1-12-8-15(11-19-10-12)17(21)20-16-6-5-14(4-3-7-18)13(2)9-16/h5-6,8-11H,7,18H2,1-2H3,(H,20,21). The number of hydrogen-bond acceptors (Lipinski definition) is 3. The SMILES string of the molecule is Cc1cncc(C(=O)Nc2ccc(C#CCN)c(C)c2)c1. The molecular weight excluding hydrogens is 262 g/mol. The fraction of sp³-hybridized carbons (Fsp3) is 0.176. The van der Waals surface area contributed by atoms with Crippen molar-refractivity contribution >= 4 is 11.6 Å². The van der Waals surface area contributed by atoms with Crippen molar-refractivity contribution in [2.45, 2.75) is 13.8 Å². The zero-order valence-corrected chi connectivity index (χ0v) is 12.1. The van der Waals surface area contributed by atoms with Gasteiger partial charge in [-0.05, 0) is 49.2 Å². The Hall–Kier alpha value is -2.64. The normalized spacial score (nSPS) is 9.67. The summed E-state index contributed by atoms with van der Waals surface area (Å²) in [6.45, 7) is 4.18. The first kappa shape index (κ1) is 14.8. The molecule has 0 spiro atoms. The minimum atomic E-state index is -0.175. The molecule has 1 amide bonds. The molecule has 0 atom stereocenters. The Morgan fingerprint density at radius 3 is 2.76 bits per heavy atom. The third-order valence-corrected chi connectivity index (χ3v) is 2.95. The molecule has 1 heterocycles. The van der Waals surface area contributed by atoms with Gasteiger partial charge in [0, 0.05) is 23.6 Å². The fourth-order valence-electron chi connectivity index (χ4n) is 1.91. The van der Waals surface area contributed by atoms with Crippen molar-refractivity contribution in [3.63, 3.8) is 0 Å². The minimum Gasteiger partial charge on any atom is -0.322 e. The van der Waals surface area contributed by atoms with E-state index in [9.17, 15) is 4.79 Å². The summed E-state index contributed by atoms with van der Waals surface area (Å²) in [6, 6.07) is 7.40. The Morgan fingerprint density at radius 1 is 1.29 bits per heavy atom. The number of rotatable bonds is 2. The first-order valence-corrected chi connectivity index (χ1v) is 6.63. The summed E-state index contributed by atoms with van der Waals surface area (Å²) >= 11 is 0. The predicted molar refractivity (Wildman–Crippen MR) is 84.0 cm³/mol. The molecule has 0 radical (unpaired) electrons. The van der Waals surface area contributed by atoms with Crippen molar-refractivity contribution in [1.82, 2.24) is 4.98 Å². The number of hydrogen-bond donors (Lipinski definition) is 2. The third kappa shape index (κ3) is 3.91. The fourth-order valence-corrected chi connectivity index (χ4v) is 1.91. The van der Waals surface area contributed by atoms with Gasteiger partial charge in [0.2, 0.25) is 0 Å². The van der Waals surface area contributed by atoms with Gasteiger partial charge < -0.3 is 11.1 Å². The zero-order valence-electron chi connectivity index (χ0n) is 12.1. The van der Waals surface area contributed by atoms with Crippen LogP contribution in [0.3, 0.4) is 0 Å². The van der Waals surface area contributed by atoms with Gasteiger partial charge in [-0.3, -0.25) is 9.78 Å². The highest BCUT2D eigenvalue weighted by Crippen LogP contribution is 2.15. The second-order valence-corrected chi connectivity index (χ2v) is 4.74. The molecule has 2 rings (SSSR count). The Balaban J connectivity index is 2.17. The quantitative estimate of drug-likeness (QED) is 0.829. The lowest BCUT2D eigenvalue weighted by molar-refractivity contribution is 0.102. The minimum absolute atomic E-state index is 0.175. The van der Waals surface area contributed by atoms with E-state index in [1.807, 2.05) is 32.0 Å². The molecule has 4 nitrogen and oxygen atoms in total. The molecule has 106 valence electrons. The van der Waals surface area contributed by atoms with E-state index in [2.05, 4.69) is 22.1 Å². The summed E-state index contributed by atoms with van der Waals surface area (Å²) < 4.78 is 0. The highest BCUT2D eigenvalue weighted by Gasteiger charge is 2.07. The van der Waals surface area contributed by atoms with Crippen LogP contribution >= 0.6 is 0 Å². The molecule has 0 aliphatic carbocycles. The molecule has 1 aromatic heterocycles. The van der Waals surface area contributed by atoms with E-state index in [4.69, 9.17) is 5.73 Å². The molecule has 1 aromatic carbocycles. The summed E-state index contributed by atoms with van der Waals surface area (Å²) in [5, 5.41) is 2.86. The number of anilines is 1. The largest absolute Gasteiger partial charge is 0.322 e. The summed E-state index contributed by atoms with van der Waals surface area (Å²) in [5.74, 6) is 5.64. The van der Waals surface area contributed by atoms with Crippen LogP contribution in [0.2, 0.25) is 0 Å². The lowest BCUT2D eigenvalue weighted by Gasteiger charge is -2.07. The van der Waals surface area contributed by atoms with E-state index >= 15 is 0 Å². The van der Waals surface area contributed by atoms with Gasteiger partial charge in [-0.25, -0.2) is 0 Å². The molecule has 0 unspecified atom stereocenters. The number of benzene rings is 1. The van der Waals surface area contributed by atoms with Crippen LogP contribution in [-0.2, 0) is 0 Å². The number of nitrogens with two attached hydrogens (primary N) is 1.